The lowest BCUT2D eigenvalue weighted by Gasteiger charge is -2.05. The summed E-state index contributed by atoms with van der Waals surface area (Å²) in [6, 6.07) is 11.7. The topological polar surface area (TPSA) is 54.9 Å². The molecular formula is C18H14FN3OS. The summed E-state index contributed by atoms with van der Waals surface area (Å²) in [5.74, 6) is -0.483. The number of hydrogen-bond donors (Lipinski definition) is 1. The van der Waals surface area contributed by atoms with Crippen LogP contribution in [0.1, 0.15) is 10.6 Å². The predicted molar refractivity (Wildman–Crippen MR) is 92.6 cm³/mol. The van der Waals surface area contributed by atoms with E-state index < -0.39 is 0 Å². The lowest BCUT2D eigenvalue weighted by molar-refractivity contribution is -0.116. The highest BCUT2D eigenvalue weighted by atomic mass is 32.1. The van der Waals surface area contributed by atoms with Crippen molar-refractivity contribution in [2.75, 3.05) is 0 Å². The summed E-state index contributed by atoms with van der Waals surface area (Å²) in [6.07, 6.45) is 4.69. The van der Waals surface area contributed by atoms with Crippen LogP contribution in [0.3, 0.4) is 0 Å². The molecule has 1 N–H and O–H groups in total. The summed E-state index contributed by atoms with van der Waals surface area (Å²) in [5.41, 5.74) is 2.16. The van der Waals surface area contributed by atoms with Crippen LogP contribution in [0.5, 0.6) is 0 Å². The van der Waals surface area contributed by atoms with Crippen molar-refractivity contribution in [1.29, 1.82) is 0 Å². The minimum atomic E-state index is -0.294. The molecule has 0 unspecified atom stereocenters. The molecule has 0 aliphatic heterocycles. The van der Waals surface area contributed by atoms with Gasteiger partial charge in [-0.2, -0.15) is 0 Å². The van der Waals surface area contributed by atoms with Gasteiger partial charge in [-0.25, -0.2) is 14.4 Å². The third kappa shape index (κ3) is 4.33. The van der Waals surface area contributed by atoms with E-state index in [9.17, 15) is 9.18 Å². The Hall–Kier alpha value is -2.86. The van der Waals surface area contributed by atoms with Crippen molar-refractivity contribution in [1.82, 2.24) is 15.3 Å². The molecule has 0 saturated heterocycles. The Bertz CT molecular complexity index is 845. The van der Waals surface area contributed by atoms with Crippen LogP contribution in [0.2, 0.25) is 0 Å². The molecule has 3 rings (SSSR count). The largest absolute Gasteiger partial charge is 0.347 e. The molecule has 120 valence electrons. The summed E-state index contributed by atoms with van der Waals surface area (Å²) in [5, 5.41) is 4.73. The van der Waals surface area contributed by atoms with Crippen molar-refractivity contribution in [2.24, 2.45) is 0 Å². The molecule has 0 aliphatic carbocycles. The summed E-state index contributed by atoms with van der Waals surface area (Å²) < 4.78 is 13.0. The van der Waals surface area contributed by atoms with E-state index in [2.05, 4.69) is 15.3 Å². The van der Waals surface area contributed by atoms with Crippen molar-refractivity contribution in [3.63, 3.8) is 0 Å². The number of thiophene rings is 1. The summed E-state index contributed by atoms with van der Waals surface area (Å²) >= 11 is 1.57. The molecule has 0 bridgehead atoms. The first-order valence-corrected chi connectivity index (χ1v) is 8.15. The fraction of sp³-hybridized carbons (Fsp3) is 0.0556. The van der Waals surface area contributed by atoms with E-state index in [0.29, 0.717) is 17.9 Å². The number of benzene rings is 1. The Kier molecular flexibility index (Phi) is 5.08. The second kappa shape index (κ2) is 7.61. The van der Waals surface area contributed by atoms with E-state index in [1.165, 1.54) is 24.5 Å². The fourth-order valence-corrected chi connectivity index (χ4v) is 2.67. The number of rotatable bonds is 5. The van der Waals surface area contributed by atoms with Crippen molar-refractivity contribution in [3.05, 3.63) is 76.6 Å². The van der Waals surface area contributed by atoms with E-state index in [1.807, 2.05) is 17.5 Å². The first-order valence-electron chi connectivity index (χ1n) is 7.27. The van der Waals surface area contributed by atoms with Crippen molar-refractivity contribution < 1.29 is 9.18 Å². The van der Waals surface area contributed by atoms with E-state index in [4.69, 9.17) is 0 Å². The Labute approximate surface area is 142 Å². The molecular weight excluding hydrogens is 325 g/mol. The van der Waals surface area contributed by atoms with Crippen LogP contribution in [-0.2, 0) is 11.3 Å². The summed E-state index contributed by atoms with van der Waals surface area (Å²) in [7, 11) is 0. The first kappa shape index (κ1) is 16.0. The molecule has 0 aliphatic rings. The van der Waals surface area contributed by atoms with Gasteiger partial charge in [0, 0.05) is 16.5 Å². The zero-order valence-electron chi connectivity index (χ0n) is 12.6. The lowest BCUT2D eigenvalue weighted by atomic mass is 10.1. The average molecular weight is 339 g/mol. The smallest absolute Gasteiger partial charge is 0.244 e. The van der Waals surface area contributed by atoms with Crippen molar-refractivity contribution in [2.45, 2.75) is 6.54 Å². The van der Waals surface area contributed by atoms with E-state index >= 15 is 0 Å². The normalized spacial score (nSPS) is 10.9. The molecule has 0 fully saturated rings. The van der Waals surface area contributed by atoms with Gasteiger partial charge in [0.15, 0.2) is 0 Å². The van der Waals surface area contributed by atoms with Crippen LogP contribution in [0.15, 0.2) is 60.2 Å². The van der Waals surface area contributed by atoms with Crippen LogP contribution in [0.25, 0.3) is 17.3 Å². The van der Waals surface area contributed by atoms with E-state index in [-0.39, 0.29) is 11.7 Å². The molecule has 24 heavy (non-hydrogen) atoms. The zero-order chi connectivity index (χ0) is 16.8. The van der Waals surface area contributed by atoms with Crippen LogP contribution in [0.4, 0.5) is 4.39 Å². The molecule has 2 aromatic heterocycles. The van der Waals surface area contributed by atoms with Crippen LogP contribution < -0.4 is 5.32 Å². The number of carbonyl (C=O) groups excluding carboxylic acids is 1. The molecule has 0 saturated carbocycles. The molecule has 4 nitrogen and oxygen atoms in total. The number of aromatic nitrogens is 2. The number of hydrogen-bond acceptors (Lipinski definition) is 4. The number of nitrogens with zero attached hydrogens (tertiary/aromatic N) is 2. The SMILES string of the molecule is O=C(/C=C/c1cccs1)NCc1cc(-c2ccc(F)cc2)ncn1. The van der Waals surface area contributed by atoms with Crippen molar-refractivity contribution in [3.8, 4) is 11.3 Å². The summed E-state index contributed by atoms with van der Waals surface area (Å²) in [6.45, 7) is 0.296. The molecule has 0 radical (unpaired) electrons. The Balaban J connectivity index is 1.62. The lowest BCUT2D eigenvalue weighted by Crippen LogP contribution is -2.20. The zero-order valence-corrected chi connectivity index (χ0v) is 13.5. The maximum atomic E-state index is 13.0. The van der Waals surface area contributed by atoms with Gasteiger partial charge in [-0.05, 0) is 47.9 Å². The molecule has 3 aromatic rings. The Morgan fingerprint density at radius 1 is 1.21 bits per heavy atom. The fourth-order valence-electron chi connectivity index (χ4n) is 2.05. The van der Waals surface area contributed by atoms with Gasteiger partial charge >= 0.3 is 0 Å². The molecule has 1 amide bonds. The van der Waals surface area contributed by atoms with Gasteiger partial charge in [0.05, 0.1) is 17.9 Å². The standard InChI is InChI=1S/C18H14FN3OS/c19-14-5-3-13(4-6-14)17-10-15(21-12-22-17)11-20-18(23)8-7-16-2-1-9-24-16/h1-10,12H,11H2,(H,20,23)/b8-7+. The third-order valence-electron chi connectivity index (χ3n) is 3.25. The van der Waals surface area contributed by atoms with Gasteiger partial charge in [0.25, 0.3) is 0 Å². The highest BCUT2D eigenvalue weighted by Crippen LogP contribution is 2.17. The molecule has 6 heteroatoms. The monoisotopic (exact) mass is 339 g/mol. The van der Waals surface area contributed by atoms with Gasteiger partial charge in [-0.3, -0.25) is 4.79 Å². The molecule has 1 aromatic carbocycles. The molecule has 0 spiro atoms. The van der Waals surface area contributed by atoms with Crippen LogP contribution >= 0.6 is 11.3 Å². The second-order valence-electron chi connectivity index (χ2n) is 4.97. The first-order chi connectivity index (χ1) is 11.7. The maximum Gasteiger partial charge on any atom is 0.244 e. The molecule has 0 atom stereocenters. The number of amides is 1. The van der Waals surface area contributed by atoms with Gasteiger partial charge < -0.3 is 5.32 Å². The average Bonchev–Trinajstić information content (AvgIpc) is 3.13. The van der Waals surface area contributed by atoms with Gasteiger partial charge in [0.1, 0.15) is 12.1 Å². The number of nitrogens with one attached hydrogen (secondary N) is 1. The molecule has 2 heterocycles. The van der Waals surface area contributed by atoms with Gasteiger partial charge in [0.2, 0.25) is 5.91 Å². The predicted octanol–water partition coefficient (Wildman–Crippen LogP) is 3.67. The minimum Gasteiger partial charge on any atom is -0.347 e. The highest BCUT2D eigenvalue weighted by molar-refractivity contribution is 7.10. The van der Waals surface area contributed by atoms with Gasteiger partial charge in [-0.1, -0.05) is 6.07 Å². The van der Waals surface area contributed by atoms with Crippen molar-refractivity contribution >= 4 is 23.3 Å². The number of carbonyl (C=O) groups is 1. The highest BCUT2D eigenvalue weighted by Gasteiger charge is 2.04. The third-order valence-corrected chi connectivity index (χ3v) is 4.09. The van der Waals surface area contributed by atoms with E-state index in [0.717, 1.165) is 10.4 Å². The minimum absolute atomic E-state index is 0.189. The second-order valence-corrected chi connectivity index (χ2v) is 5.95. The number of halogens is 1. The maximum absolute atomic E-state index is 13.0. The van der Waals surface area contributed by atoms with Gasteiger partial charge in [-0.15, -0.1) is 11.3 Å². The Morgan fingerprint density at radius 2 is 2.04 bits per heavy atom. The Morgan fingerprint density at radius 3 is 2.79 bits per heavy atom. The van der Waals surface area contributed by atoms with Crippen LogP contribution in [0, 0.1) is 5.82 Å². The van der Waals surface area contributed by atoms with E-state index in [1.54, 1.807) is 35.6 Å². The van der Waals surface area contributed by atoms with Crippen LogP contribution in [-0.4, -0.2) is 15.9 Å². The quantitative estimate of drug-likeness (QED) is 0.722. The summed E-state index contributed by atoms with van der Waals surface area (Å²) in [4.78, 5) is 21.2.